The molecule has 6 heteroatoms. The second-order valence-corrected chi connectivity index (χ2v) is 5.32. The molecule has 0 N–H and O–H groups in total. The van der Waals surface area contributed by atoms with Gasteiger partial charge in [-0.1, -0.05) is 31.9 Å². The summed E-state index contributed by atoms with van der Waals surface area (Å²) in [5.74, 6) is -0.314. The summed E-state index contributed by atoms with van der Waals surface area (Å²) in [6.07, 6.45) is 4.54. The molecule has 0 bridgehead atoms. The molecule has 0 saturated carbocycles. The van der Waals surface area contributed by atoms with Crippen molar-refractivity contribution >= 4 is 43.8 Å². The van der Waals surface area contributed by atoms with Crippen LogP contribution in [0.2, 0.25) is 0 Å². The van der Waals surface area contributed by atoms with Gasteiger partial charge in [0.2, 0.25) is 0 Å². The minimum absolute atomic E-state index is 0.157. The molecule has 0 aromatic carbocycles. The zero-order chi connectivity index (χ0) is 13.6. The number of alkyl halides is 2. The molecule has 0 fully saturated rings. The molecular weight excluding hydrogens is 368 g/mol. The number of carbonyl (C=O) groups is 2. The fourth-order valence-electron chi connectivity index (χ4n) is 1.23. The lowest BCUT2D eigenvalue weighted by molar-refractivity contribution is -0.144. The highest BCUT2D eigenvalue weighted by molar-refractivity contribution is 9.09. The van der Waals surface area contributed by atoms with E-state index in [1.54, 1.807) is 0 Å². The number of hydrogen-bond acceptors (Lipinski definition) is 4. The predicted octanol–water partition coefficient (Wildman–Crippen LogP) is 3.20. The maximum atomic E-state index is 11.0. The Balaban J connectivity index is 3.16. The fourth-order valence-corrected chi connectivity index (χ4v) is 1.88. The summed E-state index contributed by atoms with van der Waals surface area (Å²) in [6, 6.07) is 0. The lowest BCUT2D eigenvalue weighted by atomic mass is 10.2. The van der Waals surface area contributed by atoms with Gasteiger partial charge in [0, 0.05) is 10.7 Å². The molecule has 0 amide bonds. The van der Waals surface area contributed by atoms with Crippen LogP contribution in [0.1, 0.15) is 38.5 Å². The molecule has 4 nitrogen and oxygen atoms in total. The van der Waals surface area contributed by atoms with Crippen molar-refractivity contribution in [1.29, 1.82) is 0 Å². The Bertz CT molecular complexity index is 210. The average Bonchev–Trinajstić information content (AvgIpc) is 2.33. The van der Waals surface area contributed by atoms with Gasteiger partial charge in [0.05, 0.1) is 26.1 Å². The van der Waals surface area contributed by atoms with Gasteiger partial charge in [-0.15, -0.1) is 0 Å². The van der Waals surface area contributed by atoms with E-state index in [9.17, 15) is 9.59 Å². The molecule has 0 aliphatic rings. The van der Waals surface area contributed by atoms with Crippen molar-refractivity contribution in [3.8, 4) is 0 Å². The molecule has 0 radical (unpaired) electrons. The molecule has 18 heavy (non-hydrogen) atoms. The van der Waals surface area contributed by atoms with Crippen LogP contribution in [-0.4, -0.2) is 35.8 Å². The minimum atomic E-state index is -0.157. The first-order valence-corrected chi connectivity index (χ1v) is 8.38. The number of ether oxygens (including phenoxy) is 2. The highest BCUT2D eigenvalue weighted by atomic mass is 79.9. The molecule has 106 valence electrons. The van der Waals surface area contributed by atoms with E-state index in [1.807, 2.05) is 0 Å². The second-order valence-electron chi connectivity index (χ2n) is 3.73. The molecule has 0 aromatic heterocycles. The van der Waals surface area contributed by atoms with Crippen molar-refractivity contribution < 1.29 is 19.1 Å². The summed E-state index contributed by atoms with van der Waals surface area (Å²) in [5.41, 5.74) is 0. The van der Waals surface area contributed by atoms with E-state index in [-0.39, 0.29) is 11.9 Å². The molecule has 0 aliphatic carbocycles. The van der Waals surface area contributed by atoms with Crippen LogP contribution in [0, 0.1) is 0 Å². The maximum Gasteiger partial charge on any atom is 0.306 e. The highest BCUT2D eigenvalue weighted by Gasteiger charge is 2.01. The number of esters is 2. The molecule has 0 saturated heterocycles. The van der Waals surface area contributed by atoms with E-state index in [4.69, 9.17) is 9.47 Å². The van der Waals surface area contributed by atoms with Crippen molar-refractivity contribution in [3.05, 3.63) is 0 Å². The van der Waals surface area contributed by atoms with Crippen LogP contribution in [0.15, 0.2) is 0 Å². The van der Waals surface area contributed by atoms with E-state index in [0.717, 1.165) is 25.7 Å². The molecular formula is C12H20Br2O4. The number of carbonyl (C=O) groups excluding carboxylic acids is 2. The van der Waals surface area contributed by atoms with E-state index in [1.165, 1.54) is 0 Å². The van der Waals surface area contributed by atoms with E-state index in [0.29, 0.717) is 36.7 Å². The Morgan fingerprint density at radius 2 is 1.11 bits per heavy atom. The molecule has 0 aromatic rings. The second kappa shape index (κ2) is 13.3. The van der Waals surface area contributed by atoms with E-state index in [2.05, 4.69) is 31.9 Å². The topological polar surface area (TPSA) is 52.6 Å². The third kappa shape index (κ3) is 12.4. The summed E-state index contributed by atoms with van der Waals surface area (Å²) in [6.45, 7) is 0.963. The van der Waals surface area contributed by atoms with Crippen LogP contribution in [0.4, 0.5) is 0 Å². The largest absolute Gasteiger partial charge is 0.466 e. The van der Waals surface area contributed by atoms with Crippen molar-refractivity contribution in [1.82, 2.24) is 0 Å². The van der Waals surface area contributed by atoms with Gasteiger partial charge in [0.1, 0.15) is 0 Å². The average molecular weight is 388 g/mol. The summed E-state index contributed by atoms with van der Waals surface area (Å²) in [4.78, 5) is 22.0. The standard InChI is InChI=1S/C12H20Br2O4/c13-7-5-11(15)17-9-3-1-2-4-10-18-12(16)6-8-14/h1-10H2. The lowest BCUT2D eigenvalue weighted by Crippen LogP contribution is -2.07. The van der Waals surface area contributed by atoms with Gasteiger partial charge < -0.3 is 9.47 Å². The summed E-state index contributed by atoms with van der Waals surface area (Å²) < 4.78 is 10.00. The Kier molecular flexibility index (Phi) is 13.3. The number of rotatable bonds is 11. The van der Waals surface area contributed by atoms with Crippen molar-refractivity contribution in [2.24, 2.45) is 0 Å². The lowest BCUT2D eigenvalue weighted by Gasteiger charge is -2.05. The fraction of sp³-hybridized carbons (Fsp3) is 0.833. The van der Waals surface area contributed by atoms with Gasteiger partial charge in [0.15, 0.2) is 0 Å². The Morgan fingerprint density at radius 1 is 0.722 bits per heavy atom. The summed E-state index contributed by atoms with van der Waals surface area (Å²) >= 11 is 6.36. The quantitative estimate of drug-likeness (QED) is 0.310. The van der Waals surface area contributed by atoms with Crippen LogP contribution in [0.3, 0.4) is 0 Å². The zero-order valence-corrected chi connectivity index (χ0v) is 13.6. The van der Waals surface area contributed by atoms with Gasteiger partial charge in [-0.3, -0.25) is 9.59 Å². The van der Waals surface area contributed by atoms with Gasteiger partial charge >= 0.3 is 11.9 Å². The molecule has 0 unspecified atom stereocenters. The highest BCUT2D eigenvalue weighted by Crippen LogP contribution is 2.02. The van der Waals surface area contributed by atoms with Crippen LogP contribution in [0.25, 0.3) is 0 Å². The molecule has 0 spiro atoms. The third-order valence-corrected chi connectivity index (χ3v) is 2.96. The number of hydrogen-bond donors (Lipinski definition) is 0. The van der Waals surface area contributed by atoms with Crippen LogP contribution in [0.5, 0.6) is 0 Å². The SMILES string of the molecule is O=C(CCBr)OCCCCCCOC(=O)CCBr. The van der Waals surface area contributed by atoms with Crippen molar-refractivity contribution in [3.63, 3.8) is 0 Å². The molecule has 0 atom stereocenters. The van der Waals surface area contributed by atoms with Crippen molar-refractivity contribution in [2.45, 2.75) is 38.5 Å². The normalized spacial score (nSPS) is 10.1. The molecule has 0 aliphatic heterocycles. The van der Waals surface area contributed by atoms with Crippen LogP contribution >= 0.6 is 31.9 Å². The zero-order valence-electron chi connectivity index (χ0n) is 10.5. The Hall–Kier alpha value is -0.100. The molecule has 0 rings (SSSR count). The smallest absolute Gasteiger partial charge is 0.306 e. The number of halogens is 2. The molecule has 0 heterocycles. The first-order chi connectivity index (χ1) is 8.70. The van der Waals surface area contributed by atoms with Crippen molar-refractivity contribution in [2.75, 3.05) is 23.9 Å². The summed E-state index contributed by atoms with van der Waals surface area (Å²) in [5, 5.41) is 1.29. The predicted molar refractivity (Wildman–Crippen MR) is 77.2 cm³/mol. The van der Waals surface area contributed by atoms with E-state index >= 15 is 0 Å². The van der Waals surface area contributed by atoms with Crippen LogP contribution in [-0.2, 0) is 19.1 Å². The minimum Gasteiger partial charge on any atom is -0.466 e. The summed E-state index contributed by atoms with van der Waals surface area (Å²) in [7, 11) is 0. The first kappa shape index (κ1) is 17.9. The van der Waals surface area contributed by atoms with Gasteiger partial charge in [-0.05, 0) is 25.7 Å². The van der Waals surface area contributed by atoms with Crippen LogP contribution < -0.4 is 0 Å². The third-order valence-electron chi connectivity index (χ3n) is 2.16. The van der Waals surface area contributed by atoms with Gasteiger partial charge in [0.25, 0.3) is 0 Å². The van der Waals surface area contributed by atoms with Gasteiger partial charge in [-0.2, -0.15) is 0 Å². The maximum absolute atomic E-state index is 11.0. The Morgan fingerprint density at radius 3 is 1.44 bits per heavy atom. The first-order valence-electron chi connectivity index (χ1n) is 6.14. The monoisotopic (exact) mass is 386 g/mol. The van der Waals surface area contributed by atoms with E-state index < -0.39 is 0 Å². The Labute approximate surface area is 125 Å². The number of unbranched alkanes of at least 4 members (excludes halogenated alkanes) is 3. The van der Waals surface area contributed by atoms with Gasteiger partial charge in [-0.25, -0.2) is 0 Å².